The van der Waals surface area contributed by atoms with Crippen LogP contribution in [0.25, 0.3) is 0 Å². The second-order valence-corrected chi connectivity index (χ2v) is 7.80. The minimum atomic E-state index is -3.49. The molecule has 1 unspecified atom stereocenters. The van der Waals surface area contributed by atoms with Crippen molar-refractivity contribution in [3.05, 3.63) is 54.1 Å². The maximum absolute atomic E-state index is 12.6. The van der Waals surface area contributed by atoms with E-state index in [4.69, 9.17) is 4.74 Å². The Balaban J connectivity index is 1.70. The predicted octanol–water partition coefficient (Wildman–Crippen LogP) is 3.26. The van der Waals surface area contributed by atoms with E-state index in [2.05, 4.69) is 10.5 Å². The molecular formula is C18H20N2O3S. The smallest absolute Gasteiger partial charge is 0.206 e. The molecule has 2 aromatic rings. The molecule has 1 fully saturated rings. The maximum atomic E-state index is 12.6. The van der Waals surface area contributed by atoms with Crippen molar-refractivity contribution in [3.63, 3.8) is 0 Å². The first-order chi connectivity index (χ1) is 11.6. The summed E-state index contributed by atoms with van der Waals surface area (Å²) >= 11 is 0. The molecule has 3 rings (SSSR count). The number of ether oxygens (including phenoxy) is 1. The van der Waals surface area contributed by atoms with Gasteiger partial charge in [0.1, 0.15) is 0 Å². The summed E-state index contributed by atoms with van der Waals surface area (Å²) in [6.07, 6.45) is 2.82. The largest absolute Gasteiger partial charge is 0.381 e. The fourth-order valence-electron chi connectivity index (χ4n) is 2.45. The van der Waals surface area contributed by atoms with Crippen LogP contribution in [0, 0.1) is 12.8 Å². The summed E-state index contributed by atoms with van der Waals surface area (Å²) in [5.41, 5.74) is 4.69. The van der Waals surface area contributed by atoms with Gasteiger partial charge in [0.2, 0.25) is 9.84 Å². The third-order valence-electron chi connectivity index (χ3n) is 3.94. The first-order valence-electron chi connectivity index (χ1n) is 7.84. The van der Waals surface area contributed by atoms with Crippen molar-refractivity contribution in [1.29, 1.82) is 0 Å². The monoisotopic (exact) mass is 344 g/mol. The van der Waals surface area contributed by atoms with Gasteiger partial charge in [-0.05, 0) is 49.7 Å². The van der Waals surface area contributed by atoms with Crippen molar-refractivity contribution in [1.82, 2.24) is 0 Å². The van der Waals surface area contributed by atoms with Crippen LogP contribution in [0.3, 0.4) is 0 Å². The number of sulfone groups is 1. The standard InChI is InChI=1S/C18H20N2O3S/c1-14-2-6-17(7-3-14)24(21,22)18-8-4-16(5-9-18)20-19-12-15-10-11-23-13-15/h2-9,12,15,20H,10-11,13H2,1H3/b19-12+. The van der Waals surface area contributed by atoms with E-state index < -0.39 is 9.84 Å². The maximum Gasteiger partial charge on any atom is 0.206 e. The number of anilines is 1. The molecule has 1 N–H and O–H groups in total. The van der Waals surface area contributed by atoms with E-state index in [9.17, 15) is 8.42 Å². The highest BCUT2D eigenvalue weighted by atomic mass is 32.2. The number of nitrogens with zero attached hydrogens (tertiary/aromatic N) is 1. The lowest BCUT2D eigenvalue weighted by Gasteiger charge is -2.07. The molecule has 2 aromatic carbocycles. The number of benzene rings is 2. The van der Waals surface area contributed by atoms with Gasteiger partial charge in [0, 0.05) is 18.7 Å². The predicted molar refractivity (Wildman–Crippen MR) is 94.1 cm³/mol. The van der Waals surface area contributed by atoms with Gasteiger partial charge in [-0.25, -0.2) is 8.42 Å². The molecule has 6 heteroatoms. The molecule has 1 atom stereocenters. The average molecular weight is 344 g/mol. The third kappa shape index (κ3) is 3.83. The van der Waals surface area contributed by atoms with Crippen LogP contribution in [0.1, 0.15) is 12.0 Å². The van der Waals surface area contributed by atoms with Gasteiger partial charge in [0.25, 0.3) is 0 Å². The summed E-state index contributed by atoms with van der Waals surface area (Å²) < 4.78 is 30.4. The Labute approximate surface area is 142 Å². The number of rotatable bonds is 5. The fourth-order valence-corrected chi connectivity index (χ4v) is 3.71. The van der Waals surface area contributed by atoms with Gasteiger partial charge in [-0.15, -0.1) is 0 Å². The van der Waals surface area contributed by atoms with Gasteiger partial charge in [-0.1, -0.05) is 17.7 Å². The van der Waals surface area contributed by atoms with Crippen molar-refractivity contribution in [3.8, 4) is 0 Å². The second kappa shape index (κ2) is 7.15. The van der Waals surface area contributed by atoms with Crippen molar-refractivity contribution >= 4 is 21.7 Å². The Morgan fingerprint density at radius 3 is 2.29 bits per heavy atom. The quantitative estimate of drug-likeness (QED) is 0.668. The SMILES string of the molecule is Cc1ccc(S(=O)(=O)c2ccc(N/N=C/C3CCOC3)cc2)cc1. The average Bonchev–Trinajstić information content (AvgIpc) is 3.09. The Hall–Kier alpha value is -2.18. The molecule has 0 aliphatic carbocycles. The van der Waals surface area contributed by atoms with Crippen LogP contribution >= 0.6 is 0 Å². The van der Waals surface area contributed by atoms with Gasteiger partial charge < -0.3 is 4.74 Å². The van der Waals surface area contributed by atoms with E-state index in [0.717, 1.165) is 24.3 Å². The van der Waals surface area contributed by atoms with E-state index in [1.165, 1.54) is 0 Å². The number of nitrogens with one attached hydrogen (secondary N) is 1. The molecule has 1 saturated heterocycles. The van der Waals surface area contributed by atoms with Crippen molar-refractivity contribution in [2.24, 2.45) is 11.0 Å². The Kier molecular flexibility index (Phi) is 4.97. The Morgan fingerprint density at radius 1 is 1.08 bits per heavy atom. The summed E-state index contributed by atoms with van der Waals surface area (Å²) in [4.78, 5) is 0.568. The lowest BCUT2D eigenvalue weighted by Crippen LogP contribution is -2.03. The minimum Gasteiger partial charge on any atom is -0.381 e. The highest BCUT2D eigenvalue weighted by Gasteiger charge is 2.17. The molecule has 1 aliphatic heterocycles. The van der Waals surface area contributed by atoms with Crippen molar-refractivity contribution in [2.75, 3.05) is 18.6 Å². The first kappa shape index (κ1) is 16.7. The third-order valence-corrected chi connectivity index (χ3v) is 5.73. The van der Waals surface area contributed by atoms with Crippen LogP contribution < -0.4 is 5.43 Å². The van der Waals surface area contributed by atoms with E-state index >= 15 is 0 Å². The van der Waals surface area contributed by atoms with Crippen molar-refractivity contribution in [2.45, 2.75) is 23.1 Å². The zero-order valence-corrected chi connectivity index (χ0v) is 14.3. The molecule has 0 saturated carbocycles. The zero-order chi connectivity index (χ0) is 17.0. The second-order valence-electron chi connectivity index (χ2n) is 5.85. The minimum absolute atomic E-state index is 0.269. The van der Waals surface area contributed by atoms with E-state index in [1.807, 2.05) is 13.1 Å². The van der Waals surface area contributed by atoms with Gasteiger partial charge in [-0.2, -0.15) is 5.10 Å². The Morgan fingerprint density at radius 2 is 1.71 bits per heavy atom. The molecule has 24 heavy (non-hydrogen) atoms. The van der Waals surface area contributed by atoms with E-state index in [-0.39, 0.29) is 4.90 Å². The highest BCUT2D eigenvalue weighted by Crippen LogP contribution is 2.22. The van der Waals surface area contributed by atoms with Crippen LogP contribution in [0.15, 0.2) is 63.4 Å². The summed E-state index contributed by atoms with van der Waals surface area (Å²) in [6.45, 7) is 3.41. The highest BCUT2D eigenvalue weighted by molar-refractivity contribution is 7.91. The van der Waals surface area contributed by atoms with Crippen LogP contribution in [0.5, 0.6) is 0 Å². The van der Waals surface area contributed by atoms with Crippen LogP contribution in [-0.4, -0.2) is 27.8 Å². The normalized spacial score (nSPS) is 18.1. The molecule has 126 valence electrons. The molecular weight excluding hydrogens is 324 g/mol. The molecule has 0 radical (unpaired) electrons. The lowest BCUT2D eigenvalue weighted by atomic mass is 10.1. The van der Waals surface area contributed by atoms with Crippen LogP contribution in [0.4, 0.5) is 5.69 Å². The summed E-state index contributed by atoms with van der Waals surface area (Å²) in [5, 5.41) is 4.18. The number of hydrogen-bond donors (Lipinski definition) is 1. The molecule has 5 nitrogen and oxygen atoms in total. The molecule has 0 amide bonds. The number of hydrazone groups is 1. The molecule has 1 aliphatic rings. The summed E-state index contributed by atoms with van der Waals surface area (Å²) in [7, 11) is -3.49. The van der Waals surface area contributed by atoms with Crippen LogP contribution in [0.2, 0.25) is 0 Å². The summed E-state index contributed by atoms with van der Waals surface area (Å²) in [5.74, 6) is 0.346. The van der Waals surface area contributed by atoms with Gasteiger partial charge in [0.05, 0.1) is 22.1 Å². The molecule has 1 heterocycles. The lowest BCUT2D eigenvalue weighted by molar-refractivity contribution is 0.193. The first-order valence-corrected chi connectivity index (χ1v) is 9.33. The Bertz CT molecular complexity index is 806. The summed E-state index contributed by atoms with van der Waals surface area (Å²) in [6, 6.07) is 13.5. The van der Waals surface area contributed by atoms with E-state index in [0.29, 0.717) is 17.4 Å². The van der Waals surface area contributed by atoms with Gasteiger partial charge >= 0.3 is 0 Å². The molecule has 0 bridgehead atoms. The fraction of sp³-hybridized carbons (Fsp3) is 0.278. The van der Waals surface area contributed by atoms with Crippen LogP contribution in [-0.2, 0) is 14.6 Å². The molecule has 0 aromatic heterocycles. The zero-order valence-electron chi connectivity index (χ0n) is 13.5. The molecule has 0 spiro atoms. The van der Waals surface area contributed by atoms with Crippen molar-refractivity contribution < 1.29 is 13.2 Å². The number of hydrogen-bond acceptors (Lipinski definition) is 5. The van der Waals surface area contributed by atoms with Gasteiger partial charge in [-0.3, -0.25) is 5.43 Å². The van der Waals surface area contributed by atoms with E-state index in [1.54, 1.807) is 48.5 Å². The topological polar surface area (TPSA) is 67.8 Å². The van der Waals surface area contributed by atoms with Gasteiger partial charge in [0.15, 0.2) is 0 Å². The number of aryl methyl sites for hydroxylation is 1.